The number of halogens is 2. The lowest BCUT2D eigenvalue weighted by Crippen LogP contribution is -2.53. The summed E-state index contributed by atoms with van der Waals surface area (Å²) in [6, 6.07) is 0. The van der Waals surface area contributed by atoms with Gasteiger partial charge in [-0.05, 0) is 55.8 Å². The average molecular weight is 406 g/mol. The summed E-state index contributed by atoms with van der Waals surface area (Å²) in [4.78, 5) is 12.3. The van der Waals surface area contributed by atoms with Crippen LogP contribution in [0.2, 0.25) is 4.34 Å². The summed E-state index contributed by atoms with van der Waals surface area (Å²) in [5, 5.41) is 3.88. The predicted octanol–water partition coefficient (Wildman–Crippen LogP) is 4.36. The Morgan fingerprint density at radius 3 is 2.68 bits per heavy atom. The van der Waals surface area contributed by atoms with Gasteiger partial charge in [-0.15, -0.1) is 5.10 Å². The Morgan fingerprint density at radius 1 is 1.36 bits per heavy atom. The molecule has 1 aromatic rings. The molecule has 2 atom stereocenters. The van der Waals surface area contributed by atoms with Crippen molar-refractivity contribution in [2.45, 2.75) is 55.9 Å². The van der Waals surface area contributed by atoms with E-state index in [0.717, 1.165) is 29.8 Å². The number of ether oxygens (including phenoxy) is 1. The highest BCUT2D eigenvalue weighted by Gasteiger charge is 2.57. The second-order valence-electron chi connectivity index (χ2n) is 7.44. The molecule has 0 unspecified atom stereocenters. The van der Waals surface area contributed by atoms with Crippen molar-refractivity contribution in [3.8, 4) is 0 Å². The molecule has 0 saturated heterocycles. The van der Waals surface area contributed by atoms with Crippen LogP contribution in [-0.2, 0) is 16.1 Å². The van der Waals surface area contributed by atoms with Crippen LogP contribution < -0.4 is 0 Å². The van der Waals surface area contributed by atoms with Gasteiger partial charge in [-0.3, -0.25) is 4.79 Å². The van der Waals surface area contributed by atoms with E-state index in [1.165, 1.54) is 32.1 Å². The van der Waals surface area contributed by atoms with E-state index in [1.807, 2.05) is 0 Å². The maximum atomic E-state index is 12.3. The topological polar surface area (TPSA) is 52.1 Å². The van der Waals surface area contributed by atoms with Crippen LogP contribution in [0.1, 0.15) is 50.6 Å². The Bertz CT molecular complexity index is 594. The van der Waals surface area contributed by atoms with Crippen molar-refractivity contribution >= 4 is 45.0 Å². The highest BCUT2D eigenvalue weighted by molar-refractivity contribution is 9.10. The van der Waals surface area contributed by atoms with E-state index in [2.05, 4.69) is 25.5 Å². The first kappa shape index (κ1) is 15.3. The van der Waals surface area contributed by atoms with Gasteiger partial charge in [0.05, 0.1) is 6.42 Å². The largest absolute Gasteiger partial charge is 0.459 e. The fourth-order valence-corrected chi connectivity index (χ4v) is 7.44. The van der Waals surface area contributed by atoms with Gasteiger partial charge in [-0.25, -0.2) is 0 Å². The number of hydrogen-bond donors (Lipinski definition) is 0. The zero-order chi connectivity index (χ0) is 15.4. The maximum Gasteiger partial charge on any atom is 0.306 e. The molecular weight excluding hydrogens is 388 g/mol. The number of nitrogens with zero attached hydrogens (tertiary/aromatic N) is 2. The molecule has 4 aliphatic rings. The number of carbonyl (C=O) groups excluding carboxylic acids is 1. The van der Waals surface area contributed by atoms with Crippen molar-refractivity contribution in [2.24, 2.45) is 17.3 Å². The maximum absolute atomic E-state index is 12.3. The van der Waals surface area contributed by atoms with E-state index in [0.29, 0.717) is 16.5 Å². The van der Waals surface area contributed by atoms with Crippen LogP contribution in [0.15, 0.2) is 0 Å². The van der Waals surface area contributed by atoms with E-state index >= 15 is 0 Å². The minimum atomic E-state index is -0.123. The highest BCUT2D eigenvalue weighted by Crippen LogP contribution is 2.65. The molecule has 7 heteroatoms. The first-order chi connectivity index (χ1) is 10.5. The lowest BCUT2D eigenvalue weighted by molar-refractivity contribution is -0.152. The summed E-state index contributed by atoms with van der Waals surface area (Å²) in [6.07, 6.45) is 7.92. The lowest BCUT2D eigenvalue weighted by atomic mass is 9.49. The molecule has 1 heterocycles. The van der Waals surface area contributed by atoms with E-state index < -0.39 is 0 Å². The molecule has 4 fully saturated rings. The summed E-state index contributed by atoms with van der Waals surface area (Å²) in [7, 11) is 0. The van der Waals surface area contributed by atoms with Crippen molar-refractivity contribution in [1.82, 2.24) is 9.59 Å². The molecule has 1 aromatic heterocycles. The lowest BCUT2D eigenvalue weighted by Gasteiger charge is -2.60. The van der Waals surface area contributed by atoms with Gasteiger partial charge in [0.25, 0.3) is 0 Å². The molecular formula is C15H18BrClN2O2S. The molecule has 4 nitrogen and oxygen atoms in total. The van der Waals surface area contributed by atoms with Crippen molar-refractivity contribution in [3.63, 3.8) is 0 Å². The number of aromatic nitrogens is 2. The monoisotopic (exact) mass is 404 g/mol. The number of carbonyl (C=O) groups is 1. The molecule has 4 aliphatic carbocycles. The Labute approximate surface area is 147 Å². The molecule has 0 spiro atoms. The van der Waals surface area contributed by atoms with E-state index in [1.54, 1.807) is 0 Å². The summed E-state index contributed by atoms with van der Waals surface area (Å²) >= 11 is 11.0. The molecule has 0 N–H and O–H groups in total. The highest BCUT2D eigenvalue weighted by atomic mass is 79.9. The first-order valence-corrected chi connectivity index (χ1v) is 9.71. The number of rotatable bonds is 4. The molecule has 0 aromatic carbocycles. The van der Waals surface area contributed by atoms with Crippen LogP contribution in [0.5, 0.6) is 0 Å². The van der Waals surface area contributed by atoms with Gasteiger partial charge in [-0.1, -0.05) is 32.0 Å². The molecule has 0 aliphatic heterocycles. The smallest absolute Gasteiger partial charge is 0.306 e. The van der Waals surface area contributed by atoms with Crippen molar-refractivity contribution in [2.75, 3.05) is 0 Å². The van der Waals surface area contributed by atoms with Gasteiger partial charge in [0.2, 0.25) is 0 Å². The SMILES string of the molecule is O=C(CC12C[C@H]3C[C@@H](CC(Br)(C3)C1)C2)OCc1nnsc1Cl. The fraction of sp³-hybridized carbons (Fsp3) is 0.800. The van der Waals surface area contributed by atoms with Crippen LogP contribution in [-0.4, -0.2) is 19.9 Å². The van der Waals surface area contributed by atoms with Gasteiger partial charge in [0.1, 0.15) is 16.6 Å². The van der Waals surface area contributed by atoms with Crippen molar-refractivity contribution in [1.29, 1.82) is 0 Å². The summed E-state index contributed by atoms with van der Waals surface area (Å²) < 4.78 is 9.94. The Balaban J connectivity index is 1.40. The predicted molar refractivity (Wildman–Crippen MR) is 88.1 cm³/mol. The van der Waals surface area contributed by atoms with E-state index in [4.69, 9.17) is 16.3 Å². The van der Waals surface area contributed by atoms with Crippen LogP contribution in [0.4, 0.5) is 0 Å². The molecule has 4 saturated carbocycles. The quantitative estimate of drug-likeness (QED) is 0.552. The summed E-state index contributed by atoms with van der Waals surface area (Å²) in [5.74, 6) is 1.44. The van der Waals surface area contributed by atoms with Crippen LogP contribution in [0.25, 0.3) is 0 Å². The third kappa shape index (κ3) is 2.82. The van der Waals surface area contributed by atoms with Gasteiger partial charge < -0.3 is 4.74 Å². The van der Waals surface area contributed by atoms with Gasteiger partial charge in [0, 0.05) is 15.9 Å². The van der Waals surface area contributed by atoms with Crippen molar-refractivity contribution < 1.29 is 9.53 Å². The van der Waals surface area contributed by atoms with E-state index in [9.17, 15) is 4.79 Å². The third-order valence-corrected chi connectivity index (χ3v) is 7.42. The van der Waals surface area contributed by atoms with E-state index in [-0.39, 0.29) is 22.3 Å². The fourth-order valence-electron chi connectivity index (χ4n) is 5.33. The Morgan fingerprint density at radius 2 is 2.09 bits per heavy atom. The molecule has 0 amide bonds. The minimum absolute atomic E-state index is 0.123. The zero-order valence-corrected chi connectivity index (χ0v) is 15.3. The molecule has 120 valence electrons. The second-order valence-corrected chi connectivity index (χ2v) is 10.5. The second kappa shape index (κ2) is 5.42. The minimum Gasteiger partial charge on any atom is -0.459 e. The van der Waals surface area contributed by atoms with Gasteiger partial charge in [0.15, 0.2) is 0 Å². The van der Waals surface area contributed by atoms with Gasteiger partial charge >= 0.3 is 5.97 Å². The van der Waals surface area contributed by atoms with Crippen molar-refractivity contribution in [3.05, 3.63) is 10.0 Å². The average Bonchev–Trinajstić information content (AvgIpc) is 2.78. The molecule has 4 bridgehead atoms. The zero-order valence-electron chi connectivity index (χ0n) is 12.2. The molecule has 5 rings (SSSR count). The normalized spacial score (nSPS) is 39.2. The summed E-state index contributed by atoms with van der Waals surface area (Å²) in [6.45, 7) is 0.135. The van der Waals surface area contributed by atoms with Gasteiger partial charge in [-0.2, -0.15) is 0 Å². The standard InChI is InChI=1S/C15H18BrClN2O2S/c16-15-4-9-1-10(5-15)3-14(2-9,8-15)6-12(20)21-7-11-13(17)22-19-18-11/h9-10H,1-8H2/t9-,10-,14?,15?/m1/s1. The van der Waals surface area contributed by atoms with Crippen LogP contribution in [0.3, 0.4) is 0 Å². The number of hydrogen-bond acceptors (Lipinski definition) is 5. The first-order valence-electron chi connectivity index (χ1n) is 7.77. The number of alkyl halides is 1. The molecule has 0 radical (unpaired) electrons. The Hall–Kier alpha value is -0.200. The summed E-state index contributed by atoms with van der Waals surface area (Å²) in [5.41, 5.74) is 0.705. The Kier molecular flexibility index (Phi) is 3.78. The molecule has 22 heavy (non-hydrogen) atoms. The van der Waals surface area contributed by atoms with Crippen LogP contribution in [0, 0.1) is 17.3 Å². The number of esters is 1. The third-order valence-electron chi connectivity index (χ3n) is 5.51. The van der Waals surface area contributed by atoms with Crippen LogP contribution >= 0.6 is 39.1 Å².